The van der Waals surface area contributed by atoms with Crippen molar-refractivity contribution >= 4 is 0 Å². The summed E-state index contributed by atoms with van der Waals surface area (Å²) in [5, 5.41) is 8.66. The fourth-order valence-corrected chi connectivity index (χ4v) is 3.18. The molecule has 0 spiro atoms. The first-order chi connectivity index (χ1) is 9.81. The van der Waals surface area contributed by atoms with E-state index in [-0.39, 0.29) is 6.10 Å². The van der Waals surface area contributed by atoms with Crippen LogP contribution in [0.2, 0.25) is 0 Å². The number of nitrogens with zero attached hydrogens (tertiary/aromatic N) is 5. The number of rotatable bonds is 3. The highest BCUT2D eigenvalue weighted by molar-refractivity contribution is 5.23. The Morgan fingerprint density at radius 1 is 1.35 bits per heavy atom. The van der Waals surface area contributed by atoms with Gasteiger partial charge in [-0.1, -0.05) is 0 Å². The maximum absolute atomic E-state index is 5.93. The second-order valence-corrected chi connectivity index (χ2v) is 5.64. The van der Waals surface area contributed by atoms with E-state index in [0.717, 1.165) is 32.7 Å². The summed E-state index contributed by atoms with van der Waals surface area (Å²) in [5.41, 5.74) is 2.59. The Labute approximate surface area is 117 Å². The van der Waals surface area contributed by atoms with Gasteiger partial charge in [0.25, 0.3) is 0 Å². The fraction of sp³-hybridized carbons (Fsp3) is 0.571. The van der Waals surface area contributed by atoms with E-state index in [9.17, 15) is 0 Å². The van der Waals surface area contributed by atoms with Gasteiger partial charge in [0.05, 0.1) is 24.9 Å². The van der Waals surface area contributed by atoms with Crippen molar-refractivity contribution < 1.29 is 4.74 Å². The average Bonchev–Trinajstić information content (AvgIpc) is 3.04. The Morgan fingerprint density at radius 2 is 2.25 bits per heavy atom. The number of hydrogen-bond acceptors (Lipinski definition) is 4. The summed E-state index contributed by atoms with van der Waals surface area (Å²) in [6.45, 7) is 3.86. The van der Waals surface area contributed by atoms with Crippen molar-refractivity contribution in [3.63, 3.8) is 0 Å². The van der Waals surface area contributed by atoms with Gasteiger partial charge >= 0.3 is 0 Å². The van der Waals surface area contributed by atoms with Gasteiger partial charge in [-0.2, -0.15) is 10.2 Å². The molecule has 0 saturated carbocycles. The largest absolute Gasteiger partial charge is 0.372 e. The van der Waals surface area contributed by atoms with E-state index in [1.807, 2.05) is 41.1 Å². The molecule has 106 valence electrons. The number of likely N-dealkylation sites (tertiary alicyclic amines) is 1. The van der Waals surface area contributed by atoms with Gasteiger partial charge in [0.2, 0.25) is 0 Å². The van der Waals surface area contributed by atoms with E-state index in [1.165, 1.54) is 11.3 Å². The molecule has 0 aromatic carbocycles. The Balaban J connectivity index is 1.40. The zero-order valence-electron chi connectivity index (χ0n) is 11.6. The van der Waals surface area contributed by atoms with Crippen LogP contribution in [-0.4, -0.2) is 50.7 Å². The normalized spacial score (nSPS) is 23.6. The summed E-state index contributed by atoms with van der Waals surface area (Å²) in [4.78, 5) is 2.43. The summed E-state index contributed by atoms with van der Waals surface area (Å²) in [7, 11) is 2.01. The Hall–Kier alpha value is -1.66. The van der Waals surface area contributed by atoms with Crippen LogP contribution in [0.3, 0.4) is 0 Å². The summed E-state index contributed by atoms with van der Waals surface area (Å²) >= 11 is 0. The molecule has 2 aliphatic rings. The van der Waals surface area contributed by atoms with Crippen molar-refractivity contribution in [3.05, 3.63) is 35.9 Å². The lowest BCUT2D eigenvalue weighted by molar-refractivity contribution is -0.0139. The molecular formula is C14H19N5O. The summed E-state index contributed by atoms with van der Waals surface area (Å²) in [6, 6.07) is 2.50. The van der Waals surface area contributed by atoms with Crippen molar-refractivity contribution in [3.8, 4) is 0 Å². The lowest BCUT2D eigenvalue weighted by Crippen LogP contribution is -2.49. The van der Waals surface area contributed by atoms with Gasteiger partial charge in [0.1, 0.15) is 0 Å². The summed E-state index contributed by atoms with van der Waals surface area (Å²) < 4.78 is 9.96. The predicted octanol–water partition coefficient (Wildman–Crippen LogP) is 0.787. The molecule has 6 nitrogen and oxygen atoms in total. The first-order valence-corrected chi connectivity index (χ1v) is 7.15. The molecule has 0 N–H and O–H groups in total. The second-order valence-electron chi connectivity index (χ2n) is 5.64. The van der Waals surface area contributed by atoms with Gasteiger partial charge in [0, 0.05) is 56.8 Å². The third kappa shape index (κ3) is 1.96. The van der Waals surface area contributed by atoms with Crippen LogP contribution in [0.25, 0.3) is 0 Å². The highest BCUT2D eigenvalue weighted by Crippen LogP contribution is 2.30. The third-order valence-corrected chi connectivity index (χ3v) is 4.36. The maximum Gasteiger partial charge on any atom is 0.0984 e. The summed E-state index contributed by atoms with van der Waals surface area (Å²) in [6.07, 6.45) is 6.99. The maximum atomic E-state index is 5.93. The fourth-order valence-electron chi connectivity index (χ4n) is 3.18. The smallest absolute Gasteiger partial charge is 0.0984 e. The minimum absolute atomic E-state index is 0.172. The van der Waals surface area contributed by atoms with E-state index in [2.05, 4.69) is 15.1 Å². The zero-order chi connectivity index (χ0) is 13.5. The van der Waals surface area contributed by atoms with Crippen LogP contribution in [0.4, 0.5) is 0 Å². The highest BCUT2D eigenvalue weighted by Gasteiger charge is 2.33. The molecule has 2 aliphatic heterocycles. The molecule has 20 heavy (non-hydrogen) atoms. The van der Waals surface area contributed by atoms with Gasteiger partial charge in [-0.05, 0) is 6.07 Å². The lowest BCUT2D eigenvalue weighted by Gasteiger charge is -2.41. The number of aryl methyl sites for hydroxylation is 1. The van der Waals surface area contributed by atoms with Gasteiger partial charge in [0.15, 0.2) is 0 Å². The standard InChI is InChI=1S/C14H19N5O/c1-17-13-3-6-20-14(12(13)7-16-17)10-18-8-11(9-18)19-5-2-4-15-19/h2,4-5,7,11,14H,3,6,8-10H2,1H3. The molecule has 1 unspecified atom stereocenters. The minimum atomic E-state index is 0.172. The van der Waals surface area contributed by atoms with Crippen molar-refractivity contribution in [2.24, 2.45) is 7.05 Å². The number of fused-ring (bicyclic) bond motifs is 1. The molecule has 2 aromatic rings. The van der Waals surface area contributed by atoms with E-state index in [4.69, 9.17) is 4.74 Å². The van der Waals surface area contributed by atoms with Crippen molar-refractivity contribution in [1.29, 1.82) is 0 Å². The Kier molecular flexibility index (Phi) is 2.85. The van der Waals surface area contributed by atoms with Crippen LogP contribution in [0.5, 0.6) is 0 Å². The van der Waals surface area contributed by atoms with Crippen molar-refractivity contribution in [2.45, 2.75) is 18.6 Å². The van der Waals surface area contributed by atoms with Crippen LogP contribution in [0.15, 0.2) is 24.7 Å². The van der Waals surface area contributed by atoms with Crippen molar-refractivity contribution in [2.75, 3.05) is 26.2 Å². The van der Waals surface area contributed by atoms with Gasteiger partial charge < -0.3 is 4.74 Å². The molecule has 0 bridgehead atoms. The van der Waals surface area contributed by atoms with E-state index >= 15 is 0 Å². The molecular weight excluding hydrogens is 254 g/mol. The monoisotopic (exact) mass is 273 g/mol. The van der Waals surface area contributed by atoms with Crippen molar-refractivity contribution in [1.82, 2.24) is 24.5 Å². The van der Waals surface area contributed by atoms with E-state index < -0.39 is 0 Å². The van der Waals surface area contributed by atoms with Gasteiger partial charge in [-0.3, -0.25) is 14.3 Å². The first kappa shape index (κ1) is 12.1. The second kappa shape index (κ2) is 4.71. The molecule has 4 rings (SSSR count). The number of hydrogen-bond donors (Lipinski definition) is 0. The van der Waals surface area contributed by atoms with Crippen LogP contribution in [0, 0.1) is 0 Å². The average molecular weight is 273 g/mol. The molecule has 1 fully saturated rings. The lowest BCUT2D eigenvalue weighted by atomic mass is 10.0. The molecule has 6 heteroatoms. The van der Waals surface area contributed by atoms with Gasteiger partial charge in [-0.15, -0.1) is 0 Å². The quantitative estimate of drug-likeness (QED) is 0.829. The van der Waals surface area contributed by atoms with Gasteiger partial charge in [-0.25, -0.2) is 0 Å². The molecule has 1 atom stereocenters. The third-order valence-electron chi connectivity index (χ3n) is 4.36. The van der Waals surface area contributed by atoms with E-state index in [0.29, 0.717) is 6.04 Å². The Morgan fingerprint density at radius 3 is 3.05 bits per heavy atom. The molecule has 0 aliphatic carbocycles. The Bertz CT molecular complexity index is 585. The SMILES string of the molecule is Cn1ncc2c1CCOC2CN1CC(n2cccn2)C1. The van der Waals surface area contributed by atoms with Crippen LogP contribution in [-0.2, 0) is 18.2 Å². The topological polar surface area (TPSA) is 48.1 Å². The van der Waals surface area contributed by atoms with Crippen LogP contribution in [0.1, 0.15) is 23.4 Å². The molecule has 4 heterocycles. The zero-order valence-corrected chi connectivity index (χ0v) is 11.6. The summed E-state index contributed by atoms with van der Waals surface area (Å²) in [5.74, 6) is 0. The molecule has 0 amide bonds. The first-order valence-electron chi connectivity index (χ1n) is 7.15. The van der Waals surface area contributed by atoms with E-state index in [1.54, 1.807) is 0 Å². The minimum Gasteiger partial charge on any atom is -0.372 e. The molecule has 0 radical (unpaired) electrons. The predicted molar refractivity (Wildman–Crippen MR) is 73.3 cm³/mol. The highest BCUT2D eigenvalue weighted by atomic mass is 16.5. The van der Waals surface area contributed by atoms with Crippen LogP contribution < -0.4 is 0 Å². The van der Waals surface area contributed by atoms with Crippen LogP contribution >= 0.6 is 0 Å². The molecule has 2 aromatic heterocycles. The number of aromatic nitrogens is 4. The molecule has 1 saturated heterocycles. The number of ether oxygens (including phenoxy) is 1.